The first kappa shape index (κ1) is 23.2. The number of aliphatic hydroxyl groups is 1. The zero-order valence-corrected chi connectivity index (χ0v) is 19.8. The number of phenols is 1. The zero-order valence-electron chi connectivity index (χ0n) is 19.8. The minimum absolute atomic E-state index is 0.00647. The molecule has 1 aliphatic heterocycles. The van der Waals surface area contributed by atoms with Crippen molar-refractivity contribution >= 4 is 27.5 Å². The van der Waals surface area contributed by atoms with E-state index in [2.05, 4.69) is 15.0 Å². The molecule has 182 valence electrons. The van der Waals surface area contributed by atoms with Crippen LogP contribution in [0, 0.1) is 11.6 Å². The second-order valence-corrected chi connectivity index (χ2v) is 9.21. The van der Waals surface area contributed by atoms with Crippen molar-refractivity contribution in [2.75, 3.05) is 25.1 Å². The van der Waals surface area contributed by atoms with Crippen molar-refractivity contribution in [3.63, 3.8) is 0 Å². The lowest BCUT2D eigenvalue weighted by atomic mass is 9.94. The number of methoxy groups -OCH3 is 1. The minimum atomic E-state index is -0.907. The molecule has 0 spiro atoms. The van der Waals surface area contributed by atoms with Gasteiger partial charge in [-0.15, -0.1) is 0 Å². The van der Waals surface area contributed by atoms with Gasteiger partial charge < -0.3 is 19.8 Å². The molecule has 0 saturated carbocycles. The Kier molecular flexibility index (Phi) is 5.67. The van der Waals surface area contributed by atoms with E-state index in [0.717, 1.165) is 6.42 Å². The van der Waals surface area contributed by atoms with Crippen molar-refractivity contribution in [3.05, 3.63) is 47.7 Å². The number of ether oxygens (including phenoxy) is 1. The molecule has 3 heterocycles. The smallest absolute Gasteiger partial charge is 0.318 e. The standard InChI is InChI=1S/C26H26F2N4O3/c1-4-16-19(27)7-6-14-10-15(33)11-17(20(14)16)22-21(28)23-18(12-29-22)24(31-25(30-23)35-3)32-9-5-8-26(2,34)13-32/h6-7,10-12,33-34H,4-5,8-9,13H2,1-3H3. The molecular formula is C26H26F2N4O3. The molecule has 0 radical (unpaired) electrons. The van der Waals surface area contributed by atoms with Gasteiger partial charge in [0.1, 0.15) is 28.6 Å². The molecule has 0 amide bonds. The Morgan fingerprint density at radius 2 is 2.00 bits per heavy atom. The molecule has 1 aliphatic rings. The first-order valence-electron chi connectivity index (χ1n) is 11.5. The fourth-order valence-corrected chi connectivity index (χ4v) is 4.97. The number of halogens is 2. The predicted octanol–water partition coefficient (Wildman–Crippen LogP) is 4.75. The molecule has 2 aromatic carbocycles. The third-order valence-electron chi connectivity index (χ3n) is 6.56. The number of nitrogens with zero attached hydrogens (tertiary/aromatic N) is 4. The summed E-state index contributed by atoms with van der Waals surface area (Å²) in [4.78, 5) is 15.0. The van der Waals surface area contributed by atoms with Crippen LogP contribution in [0.25, 0.3) is 32.9 Å². The number of phenolic OH excluding ortho intramolecular Hbond substituents is 1. The average Bonchev–Trinajstić information content (AvgIpc) is 2.83. The summed E-state index contributed by atoms with van der Waals surface area (Å²) in [6, 6.07) is 5.78. The number of hydrogen-bond acceptors (Lipinski definition) is 7. The minimum Gasteiger partial charge on any atom is -0.508 e. The maximum absolute atomic E-state index is 16.1. The number of fused-ring (bicyclic) bond motifs is 2. The van der Waals surface area contributed by atoms with Crippen molar-refractivity contribution in [2.45, 2.75) is 38.7 Å². The maximum atomic E-state index is 16.1. The summed E-state index contributed by atoms with van der Waals surface area (Å²) in [5.41, 5.74) is -0.286. The summed E-state index contributed by atoms with van der Waals surface area (Å²) in [7, 11) is 1.40. The zero-order chi connectivity index (χ0) is 24.9. The lowest BCUT2D eigenvalue weighted by molar-refractivity contribution is 0.0447. The highest BCUT2D eigenvalue weighted by Gasteiger charge is 2.31. The first-order valence-corrected chi connectivity index (χ1v) is 11.5. The van der Waals surface area contributed by atoms with Crippen molar-refractivity contribution in [2.24, 2.45) is 0 Å². The van der Waals surface area contributed by atoms with Crippen LogP contribution in [0.1, 0.15) is 32.3 Å². The van der Waals surface area contributed by atoms with Gasteiger partial charge in [0.15, 0.2) is 5.82 Å². The van der Waals surface area contributed by atoms with Gasteiger partial charge in [-0.25, -0.2) is 8.78 Å². The van der Waals surface area contributed by atoms with Gasteiger partial charge in [0, 0.05) is 24.8 Å². The number of anilines is 1. The molecule has 1 atom stereocenters. The van der Waals surface area contributed by atoms with Crippen LogP contribution in [-0.4, -0.2) is 51.0 Å². The van der Waals surface area contributed by atoms with Crippen LogP contribution in [0.2, 0.25) is 0 Å². The molecular weight excluding hydrogens is 454 g/mol. The SMILES string of the molecule is CCc1c(F)ccc2cc(O)cc(-c3ncc4c(N5CCCC(C)(O)C5)nc(OC)nc4c3F)c12. The molecule has 0 bridgehead atoms. The van der Waals surface area contributed by atoms with Crippen LogP contribution in [0.4, 0.5) is 14.6 Å². The molecule has 9 heteroatoms. The molecule has 4 aromatic rings. The third kappa shape index (κ3) is 3.99. The second kappa shape index (κ2) is 8.57. The lowest BCUT2D eigenvalue weighted by Gasteiger charge is -2.37. The first-order chi connectivity index (χ1) is 16.7. The van der Waals surface area contributed by atoms with E-state index in [1.165, 1.54) is 31.5 Å². The van der Waals surface area contributed by atoms with Crippen LogP contribution in [-0.2, 0) is 6.42 Å². The molecule has 7 nitrogen and oxygen atoms in total. The second-order valence-electron chi connectivity index (χ2n) is 9.21. The summed E-state index contributed by atoms with van der Waals surface area (Å²) in [5.74, 6) is -0.798. The number of pyridine rings is 1. The predicted molar refractivity (Wildman–Crippen MR) is 130 cm³/mol. The highest BCUT2D eigenvalue weighted by molar-refractivity contribution is 6.01. The number of piperidine rings is 1. The van der Waals surface area contributed by atoms with Crippen molar-refractivity contribution < 1.29 is 23.7 Å². The van der Waals surface area contributed by atoms with E-state index in [9.17, 15) is 14.6 Å². The van der Waals surface area contributed by atoms with Gasteiger partial charge in [-0.1, -0.05) is 13.0 Å². The van der Waals surface area contributed by atoms with Gasteiger partial charge in [0.25, 0.3) is 0 Å². The van der Waals surface area contributed by atoms with Gasteiger partial charge >= 0.3 is 6.01 Å². The summed E-state index contributed by atoms with van der Waals surface area (Å²) in [6.07, 6.45) is 3.26. The normalized spacial score (nSPS) is 18.4. The summed E-state index contributed by atoms with van der Waals surface area (Å²) >= 11 is 0. The largest absolute Gasteiger partial charge is 0.508 e. The summed E-state index contributed by atoms with van der Waals surface area (Å²) < 4.78 is 36.0. The molecule has 0 aliphatic carbocycles. The number of β-amino-alcohol motifs (C(OH)–C–C–N with tert-alkyl or cyclic N) is 1. The van der Waals surface area contributed by atoms with Gasteiger partial charge in [-0.05, 0) is 60.7 Å². The highest BCUT2D eigenvalue weighted by Crippen LogP contribution is 2.39. The summed E-state index contributed by atoms with van der Waals surface area (Å²) in [5, 5.41) is 22.4. The van der Waals surface area contributed by atoms with Crippen LogP contribution >= 0.6 is 0 Å². The molecule has 5 rings (SSSR count). The maximum Gasteiger partial charge on any atom is 0.318 e. The fraction of sp³-hybridized carbons (Fsp3) is 0.346. The Morgan fingerprint density at radius 3 is 2.71 bits per heavy atom. The number of benzene rings is 2. The highest BCUT2D eigenvalue weighted by atomic mass is 19.1. The molecule has 2 N–H and O–H groups in total. The van der Waals surface area contributed by atoms with Gasteiger partial charge in [0.05, 0.1) is 18.1 Å². The van der Waals surface area contributed by atoms with Crippen LogP contribution in [0.5, 0.6) is 11.8 Å². The number of aromatic hydroxyl groups is 1. The Balaban J connectivity index is 1.77. The Hall–Kier alpha value is -3.59. The van der Waals surface area contributed by atoms with Crippen molar-refractivity contribution in [1.82, 2.24) is 15.0 Å². The monoisotopic (exact) mass is 480 g/mol. The molecule has 1 fully saturated rings. The average molecular weight is 481 g/mol. The number of aryl methyl sites for hydroxylation is 1. The number of aromatic nitrogens is 3. The Labute approximate surface area is 201 Å². The lowest BCUT2D eigenvalue weighted by Crippen LogP contribution is -2.46. The molecule has 1 unspecified atom stereocenters. The third-order valence-corrected chi connectivity index (χ3v) is 6.56. The van der Waals surface area contributed by atoms with E-state index in [1.807, 2.05) is 11.8 Å². The van der Waals surface area contributed by atoms with Crippen LogP contribution in [0.15, 0.2) is 30.5 Å². The van der Waals surface area contributed by atoms with Crippen molar-refractivity contribution in [3.8, 4) is 23.0 Å². The fourth-order valence-electron chi connectivity index (χ4n) is 4.97. The Morgan fingerprint density at radius 1 is 1.20 bits per heavy atom. The van der Waals surface area contributed by atoms with Crippen LogP contribution in [0.3, 0.4) is 0 Å². The molecule has 35 heavy (non-hydrogen) atoms. The van der Waals surface area contributed by atoms with E-state index in [4.69, 9.17) is 4.74 Å². The van der Waals surface area contributed by atoms with E-state index < -0.39 is 17.2 Å². The van der Waals surface area contributed by atoms with E-state index in [-0.39, 0.29) is 28.5 Å². The van der Waals surface area contributed by atoms with Gasteiger partial charge in [-0.3, -0.25) is 4.98 Å². The van der Waals surface area contributed by atoms with Crippen LogP contribution < -0.4 is 9.64 Å². The number of hydrogen-bond donors (Lipinski definition) is 2. The van der Waals surface area contributed by atoms with E-state index in [1.54, 1.807) is 13.0 Å². The molecule has 2 aromatic heterocycles. The van der Waals surface area contributed by atoms with E-state index >= 15 is 4.39 Å². The quantitative estimate of drug-likeness (QED) is 0.436. The van der Waals surface area contributed by atoms with Gasteiger partial charge in [-0.2, -0.15) is 9.97 Å². The number of rotatable bonds is 4. The molecule has 1 saturated heterocycles. The Bertz CT molecular complexity index is 1460. The van der Waals surface area contributed by atoms with E-state index in [0.29, 0.717) is 53.5 Å². The topological polar surface area (TPSA) is 91.6 Å². The summed E-state index contributed by atoms with van der Waals surface area (Å²) in [6.45, 7) is 4.53. The van der Waals surface area contributed by atoms with Gasteiger partial charge in [0.2, 0.25) is 0 Å². The van der Waals surface area contributed by atoms with Crippen molar-refractivity contribution in [1.29, 1.82) is 0 Å².